The molecule has 0 aromatic carbocycles. The molecule has 0 spiro atoms. The van der Waals surface area contributed by atoms with Gasteiger partial charge >= 0.3 is 0 Å². The predicted octanol–water partition coefficient (Wildman–Crippen LogP) is 3.29. The van der Waals surface area contributed by atoms with Gasteiger partial charge in [0, 0.05) is 12.8 Å². The van der Waals surface area contributed by atoms with Crippen molar-refractivity contribution in [3.63, 3.8) is 0 Å². The minimum atomic E-state index is -0.533. The quantitative estimate of drug-likeness (QED) is 0.680. The molecule has 0 aromatic heterocycles. The van der Waals surface area contributed by atoms with Gasteiger partial charge in [-0.15, -0.1) is 0 Å². The molecule has 0 aromatic rings. The maximum Gasteiger partial charge on any atom is 0.174 e. The molecule has 1 radical (unpaired) electrons. The Kier molecular flexibility index (Phi) is 4.04. The normalized spacial score (nSPS) is 22.1. The lowest BCUT2D eigenvalue weighted by Gasteiger charge is -2.44. The van der Waals surface area contributed by atoms with E-state index >= 15 is 0 Å². The SMILES string of the molecule is CC(C)(C)OC1(OC(C)(C)C)C[CH]OCC1. The van der Waals surface area contributed by atoms with Crippen molar-refractivity contribution in [1.82, 2.24) is 0 Å². The van der Waals surface area contributed by atoms with Gasteiger partial charge in [-0.3, -0.25) is 0 Å². The van der Waals surface area contributed by atoms with E-state index in [9.17, 15) is 0 Å². The summed E-state index contributed by atoms with van der Waals surface area (Å²) in [6.07, 6.45) is 1.46. The maximum absolute atomic E-state index is 6.11. The highest BCUT2D eigenvalue weighted by molar-refractivity contribution is 4.84. The molecule has 0 bridgehead atoms. The van der Waals surface area contributed by atoms with Crippen LogP contribution in [0.5, 0.6) is 0 Å². The van der Waals surface area contributed by atoms with E-state index in [-0.39, 0.29) is 11.2 Å². The second-order valence-corrected chi connectivity index (χ2v) is 6.33. The van der Waals surface area contributed by atoms with Gasteiger partial charge in [0.05, 0.1) is 24.4 Å². The van der Waals surface area contributed by atoms with Gasteiger partial charge in [-0.25, -0.2) is 0 Å². The Labute approximate surface area is 99.5 Å². The predicted molar refractivity (Wildman–Crippen MR) is 63.9 cm³/mol. The highest BCUT2D eigenvalue weighted by atomic mass is 16.7. The van der Waals surface area contributed by atoms with Gasteiger partial charge in [-0.05, 0) is 41.5 Å². The van der Waals surface area contributed by atoms with Crippen LogP contribution in [0.2, 0.25) is 0 Å². The first-order valence-electron chi connectivity index (χ1n) is 5.96. The third-order valence-electron chi connectivity index (χ3n) is 2.10. The summed E-state index contributed by atoms with van der Waals surface area (Å²) in [4.78, 5) is 0. The van der Waals surface area contributed by atoms with Crippen molar-refractivity contribution in [2.75, 3.05) is 6.61 Å². The van der Waals surface area contributed by atoms with E-state index in [4.69, 9.17) is 14.2 Å². The summed E-state index contributed by atoms with van der Waals surface area (Å²) in [5.74, 6) is -0.533. The Bertz CT molecular complexity index is 198. The zero-order valence-electron chi connectivity index (χ0n) is 11.4. The number of hydrogen-bond acceptors (Lipinski definition) is 3. The minimum Gasteiger partial charge on any atom is -0.375 e. The van der Waals surface area contributed by atoms with Crippen LogP contribution in [0.4, 0.5) is 0 Å². The fourth-order valence-corrected chi connectivity index (χ4v) is 1.91. The first kappa shape index (κ1) is 13.9. The standard InChI is InChI=1S/C13H25O3/c1-11(2,3)15-13(16-12(4,5)6)7-9-14-10-8-13/h9H,7-8,10H2,1-6H3. The topological polar surface area (TPSA) is 27.7 Å². The highest BCUT2D eigenvalue weighted by Gasteiger charge is 2.41. The van der Waals surface area contributed by atoms with Crippen molar-refractivity contribution < 1.29 is 14.2 Å². The van der Waals surface area contributed by atoms with Gasteiger partial charge in [0.1, 0.15) is 0 Å². The first-order valence-corrected chi connectivity index (χ1v) is 5.96. The van der Waals surface area contributed by atoms with Crippen LogP contribution < -0.4 is 0 Å². The van der Waals surface area contributed by atoms with Crippen molar-refractivity contribution >= 4 is 0 Å². The van der Waals surface area contributed by atoms with E-state index in [1.165, 1.54) is 0 Å². The van der Waals surface area contributed by atoms with Gasteiger partial charge in [0.25, 0.3) is 0 Å². The van der Waals surface area contributed by atoms with Crippen molar-refractivity contribution in [3.05, 3.63) is 6.61 Å². The molecule has 1 rings (SSSR count). The summed E-state index contributed by atoms with van der Waals surface area (Å²) in [5, 5.41) is 0. The molecule has 16 heavy (non-hydrogen) atoms. The van der Waals surface area contributed by atoms with E-state index < -0.39 is 5.79 Å². The van der Waals surface area contributed by atoms with Crippen molar-refractivity contribution in [1.29, 1.82) is 0 Å². The molecule has 1 fully saturated rings. The lowest BCUT2D eigenvalue weighted by atomic mass is 10.0. The van der Waals surface area contributed by atoms with Crippen LogP contribution in [0, 0.1) is 6.61 Å². The Balaban J connectivity index is 2.75. The summed E-state index contributed by atoms with van der Waals surface area (Å²) < 4.78 is 17.5. The second-order valence-electron chi connectivity index (χ2n) is 6.33. The van der Waals surface area contributed by atoms with Crippen molar-refractivity contribution in [3.8, 4) is 0 Å². The molecule has 0 saturated carbocycles. The Morgan fingerprint density at radius 3 is 1.81 bits per heavy atom. The summed E-state index contributed by atoms with van der Waals surface area (Å²) >= 11 is 0. The van der Waals surface area contributed by atoms with Crippen LogP contribution in [0.25, 0.3) is 0 Å². The molecule has 0 unspecified atom stereocenters. The largest absolute Gasteiger partial charge is 0.375 e. The molecule has 1 aliphatic heterocycles. The second kappa shape index (κ2) is 4.63. The van der Waals surface area contributed by atoms with E-state index in [1.807, 2.05) is 0 Å². The minimum absolute atomic E-state index is 0.212. The highest BCUT2D eigenvalue weighted by Crippen LogP contribution is 2.36. The molecule has 1 heterocycles. The van der Waals surface area contributed by atoms with E-state index in [0.29, 0.717) is 13.0 Å². The zero-order chi connectivity index (χ0) is 12.4. The van der Waals surface area contributed by atoms with Crippen LogP contribution >= 0.6 is 0 Å². The molecule has 1 aliphatic rings. The summed E-state index contributed by atoms with van der Waals surface area (Å²) in [6, 6.07) is 0. The average molecular weight is 229 g/mol. The fraction of sp³-hybridized carbons (Fsp3) is 0.923. The van der Waals surface area contributed by atoms with Gasteiger partial charge in [-0.2, -0.15) is 0 Å². The first-order chi connectivity index (χ1) is 7.12. The van der Waals surface area contributed by atoms with Crippen LogP contribution in [-0.4, -0.2) is 23.6 Å². The molecule has 0 aliphatic carbocycles. The van der Waals surface area contributed by atoms with Crippen molar-refractivity contribution in [2.45, 2.75) is 71.4 Å². The summed E-state index contributed by atoms with van der Waals surface area (Å²) in [7, 11) is 0. The van der Waals surface area contributed by atoms with E-state index in [0.717, 1.165) is 6.42 Å². The van der Waals surface area contributed by atoms with E-state index in [2.05, 4.69) is 41.5 Å². The van der Waals surface area contributed by atoms with Gasteiger partial charge < -0.3 is 14.2 Å². The van der Waals surface area contributed by atoms with Crippen molar-refractivity contribution in [2.24, 2.45) is 0 Å². The Morgan fingerprint density at radius 1 is 1.00 bits per heavy atom. The third kappa shape index (κ3) is 4.81. The van der Waals surface area contributed by atoms with Gasteiger partial charge in [0.15, 0.2) is 5.79 Å². The molecule has 3 heteroatoms. The molecular weight excluding hydrogens is 204 g/mol. The van der Waals surface area contributed by atoms with Gasteiger partial charge in [-0.1, -0.05) is 0 Å². The van der Waals surface area contributed by atoms with Gasteiger partial charge in [0.2, 0.25) is 0 Å². The molecule has 3 nitrogen and oxygen atoms in total. The molecule has 0 atom stereocenters. The molecule has 0 N–H and O–H groups in total. The van der Waals surface area contributed by atoms with Crippen LogP contribution in [0.15, 0.2) is 0 Å². The molecule has 0 amide bonds. The third-order valence-corrected chi connectivity index (χ3v) is 2.10. The lowest BCUT2D eigenvalue weighted by molar-refractivity contribution is -0.326. The summed E-state index contributed by atoms with van der Waals surface area (Å²) in [5.41, 5.74) is -0.424. The lowest BCUT2D eigenvalue weighted by Crippen LogP contribution is -2.49. The van der Waals surface area contributed by atoms with Crippen LogP contribution in [-0.2, 0) is 14.2 Å². The van der Waals surface area contributed by atoms with Crippen LogP contribution in [0.1, 0.15) is 54.4 Å². The smallest absolute Gasteiger partial charge is 0.174 e. The monoisotopic (exact) mass is 229 g/mol. The zero-order valence-corrected chi connectivity index (χ0v) is 11.4. The fourth-order valence-electron chi connectivity index (χ4n) is 1.91. The number of rotatable bonds is 2. The molecular formula is C13H25O3. The Hall–Kier alpha value is -0.120. The number of hydrogen-bond donors (Lipinski definition) is 0. The van der Waals surface area contributed by atoms with E-state index in [1.54, 1.807) is 6.61 Å². The molecule has 1 saturated heterocycles. The number of ether oxygens (including phenoxy) is 3. The maximum atomic E-state index is 6.11. The summed E-state index contributed by atoms with van der Waals surface area (Å²) in [6.45, 7) is 14.8. The molecule has 95 valence electrons. The van der Waals surface area contributed by atoms with Crippen LogP contribution in [0.3, 0.4) is 0 Å². The Morgan fingerprint density at radius 2 is 1.50 bits per heavy atom. The average Bonchev–Trinajstić information content (AvgIpc) is 1.97.